The Kier molecular flexibility index (Phi) is 3.61. The van der Waals surface area contributed by atoms with E-state index in [2.05, 4.69) is 11.4 Å². The molecule has 2 unspecified atom stereocenters. The molecule has 126 valence electrons. The lowest BCUT2D eigenvalue weighted by molar-refractivity contribution is -0.148. The first-order valence-corrected chi connectivity index (χ1v) is 8.49. The van der Waals surface area contributed by atoms with Crippen LogP contribution in [0.25, 0.3) is 0 Å². The Morgan fingerprint density at radius 2 is 2.25 bits per heavy atom. The van der Waals surface area contributed by atoms with Crippen LogP contribution in [-0.2, 0) is 4.74 Å². The maximum Gasteiger partial charge on any atom is 0.321 e. The van der Waals surface area contributed by atoms with Gasteiger partial charge in [0, 0.05) is 25.1 Å². The van der Waals surface area contributed by atoms with Gasteiger partial charge in [0.1, 0.15) is 18.4 Å². The predicted octanol–water partition coefficient (Wildman–Crippen LogP) is 2.69. The molecule has 2 fully saturated rings. The minimum Gasteiger partial charge on any atom is -0.463 e. The Morgan fingerprint density at radius 3 is 2.96 bits per heavy atom. The summed E-state index contributed by atoms with van der Waals surface area (Å²) in [5.41, 5.74) is 0.539. The van der Waals surface area contributed by atoms with E-state index in [1.54, 1.807) is 13.2 Å². The van der Waals surface area contributed by atoms with Gasteiger partial charge in [-0.3, -0.25) is 4.90 Å². The molecule has 1 saturated carbocycles. The van der Waals surface area contributed by atoms with Gasteiger partial charge in [-0.1, -0.05) is 25.0 Å². The number of benzene rings is 1. The van der Waals surface area contributed by atoms with Gasteiger partial charge in [-0.2, -0.15) is 5.26 Å². The highest BCUT2D eigenvalue weighted by Crippen LogP contribution is 2.47. The smallest absolute Gasteiger partial charge is 0.321 e. The van der Waals surface area contributed by atoms with Crippen LogP contribution >= 0.6 is 0 Å². The van der Waals surface area contributed by atoms with E-state index < -0.39 is 5.72 Å². The molecule has 1 aromatic rings. The Morgan fingerprint density at radius 1 is 1.46 bits per heavy atom. The summed E-state index contributed by atoms with van der Waals surface area (Å²) in [6.07, 6.45) is 4.85. The highest BCUT2D eigenvalue weighted by atomic mass is 16.6. The maximum atomic E-state index is 12.9. The van der Waals surface area contributed by atoms with Crippen molar-refractivity contribution < 1.29 is 14.3 Å². The number of rotatable bonds is 3. The average molecular weight is 327 g/mol. The van der Waals surface area contributed by atoms with Crippen molar-refractivity contribution in [2.24, 2.45) is 0 Å². The molecule has 1 N–H and O–H groups in total. The summed E-state index contributed by atoms with van der Waals surface area (Å²) in [4.78, 5) is 14.7. The quantitative estimate of drug-likeness (QED) is 0.926. The topological polar surface area (TPSA) is 74.6 Å². The Labute approximate surface area is 141 Å². The maximum absolute atomic E-state index is 12.9. The molecule has 2 bridgehead atoms. The second-order valence-corrected chi connectivity index (χ2v) is 6.83. The molecule has 2 aliphatic heterocycles. The lowest BCUT2D eigenvalue weighted by atomic mass is 9.87. The third-order valence-corrected chi connectivity index (χ3v) is 5.37. The van der Waals surface area contributed by atoms with Gasteiger partial charge < -0.3 is 14.8 Å². The molecule has 1 aromatic carbocycles. The molecule has 1 saturated heterocycles. The highest BCUT2D eigenvalue weighted by Gasteiger charge is 2.55. The van der Waals surface area contributed by atoms with Crippen molar-refractivity contribution >= 4 is 6.03 Å². The molecule has 0 spiro atoms. The van der Waals surface area contributed by atoms with E-state index in [-0.39, 0.29) is 18.1 Å². The first-order chi connectivity index (χ1) is 11.7. The molecule has 6 heteroatoms. The molecule has 4 rings (SSSR count). The average Bonchev–Trinajstić information content (AvgIpc) is 3.08. The Hall–Kier alpha value is -2.26. The SMILES string of the molecule is COCC12CC(NC(=O)N1C1CCCC1)c1cccc(C#N)c1O2. The first kappa shape index (κ1) is 15.3. The van der Waals surface area contributed by atoms with E-state index in [4.69, 9.17) is 9.47 Å². The number of urea groups is 1. The zero-order valence-electron chi connectivity index (χ0n) is 13.7. The summed E-state index contributed by atoms with van der Waals surface area (Å²) in [6, 6.07) is 7.63. The van der Waals surface area contributed by atoms with Gasteiger partial charge in [-0.05, 0) is 18.9 Å². The van der Waals surface area contributed by atoms with Crippen LogP contribution in [0.15, 0.2) is 18.2 Å². The fraction of sp³-hybridized carbons (Fsp3) is 0.556. The van der Waals surface area contributed by atoms with Crippen LogP contribution in [0.3, 0.4) is 0 Å². The van der Waals surface area contributed by atoms with Crippen LogP contribution in [0.4, 0.5) is 4.79 Å². The molecular formula is C18H21N3O3. The van der Waals surface area contributed by atoms with E-state index >= 15 is 0 Å². The molecule has 1 aliphatic carbocycles. The molecule has 0 aromatic heterocycles. The largest absolute Gasteiger partial charge is 0.463 e. The monoisotopic (exact) mass is 327 g/mol. The van der Waals surface area contributed by atoms with Crippen molar-refractivity contribution in [3.8, 4) is 11.8 Å². The van der Waals surface area contributed by atoms with Gasteiger partial charge in [0.2, 0.25) is 5.72 Å². The number of carbonyl (C=O) groups is 1. The van der Waals surface area contributed by atoms with Crippen molar-refractivity contribution in [3.05, 3.63) is 29.3 Å². The minimum absolute atomic E-state index is 0.0942. The molecule has 0 radical (unpaired) electrons. The molecular weight excluding hydrogens is 306 g/mol. The number of fused-ring (bicyclic) bond motifs is 4. The van der Waals surface area contributed by atoms with Crippen molar-refractivity contribution in [3.63, 3.8) is 0 Å². The zero-order valence-corrected chi connectivity index (χ0v) is 13.7. The van der Waals surface area contributed by atoms with Crippen LogP contribution in [0.1, 0.15) is 49.3 Å². The van der Waals surface area contributed by atoms with Crippen molar-refractivity contribution in [2.45, 2.75) is 49.9 Å². The van der Waals surface area contributed by atoms with Gasteiger partial charge in [0.15, 0.2) is 0 Å². The number of ether oxygens (including phenoxy) is 2. The predicted molar refractivity (Wildman–Crippen MR) is 86.4 cm³/mol. The van der Waals surface area contributed by atoms with E-state index in [9.17, 15) is 10.1 Å². The van der Waals surface area contributed by atoms with Crippen LogP contribution in [0, 0.1) is 11.3 Å². The molecule has 2 atom stereocenters. The number of carbonyl (C=O) groups excluding carboxylic acids is 1. The molecule has 6 nitrogen and oxygen atoms in total. The van der Waals surface area contributed by atoms with E-state index in [0.29, 0.717) is 24.3 Å². The number of amides is 2. The second-order valence-electron chi connectivity index (χ2n) is 6.83. The summed E-state index contributed by atoms with van der Waals surface area (Å²) < 4.78 is 11.8. The van der Waals surface area contributed by atoms with Crippen LogP contribution in [-0.4, -0.2) is 36.4 Å². The third kappa shape index (κ3) is 2.15. The van der Waals surface area contributed by atoms with Crippen molar-refractivity contribution in [1.82, 2.24) is 10.2 Å². The molecule has 24 heavy (non-hydrogen) atoms. The highest BCUT2D eigenvalue weighted by molar-refractivity contribution is 5.78. The summed E-state index contributed by atoms with van der Waals surface area (Å²) in [5, 5.41) is 12.5. The fourth-order valence-electron chi connectivity index (χ4n) is 4.42. The first-order valence-electron chi connectivity index (χ1n) is 8.49. The van der Waals surface area contributed by atoms with E-state index in [0.717, 1.165) is 31.2 Å². The molecule has 3 aliphatic rings. The number of methoxy groups -OCH3 is 1. The number of para-hydroxylation sites is 1. The summed E-state index contributed by atoms with van der Waals surface area (Å²) >= 11 is 0. The summed E-state index contributed by atoms with van der Waals surface area (Å²) in [6.45, 7) is 0.298. The van der Waals surface area contributed by atoms with Gasteiger partial charge in [-0.15, -0.1) is 0 Å². The van der Waals surface area contributed by atoms with E-state index in [1.807, 2.05) is 17.0 Å². The number of nitrogens with one attached hydrogen (secondary N) is 1. The number of nitrogens with zero attached hydrogens (tertiary/aromatic N) is 2. The fourth-order valence-corrected chi connectivity index (χ4v) is 4.42. The summed E-state index contributed by atoms with van der Waals surface area (Å²) in [7, 11) is 1.62. The van der Waals surface area contributed by atoms with Crippen LogP contribution in [0.2, 0.25) is 0 Å². The second kappa shape index (κ2) is 5.67. The van der Waals surface area contributed by atoms with Crippen molar-refractivity contribution in [1.29, 1.82) is 5.26 Å². The molecule has 2 amide bonds. The van der Waals surface area contributed by atoms with Crippen LogP contribution < -0.4 is 10.1 Å². The number of nitriles is 1. The zero-order chi connectivity index (χ0) is 16.7. The number of hydrogen-bond acceptors (Lipinski definition) is 4. The van der Waals surface area contributed by atoms with Crippen LogP contribution in [0.5, 0.6) is 5.75 Å². The van der Waals surface area contributed by atoms with Gasteiger partial charge in [0.05, 0.1) is 11.6 Å². The standard InChI is InChI=1S/C18H21N3O3/c1-23-11-18-9-15(14-8-4-5-12(10-19)16(14)24-18)20-17(22)21(18)13-6-2-3-7-13/h4-5,8,13,15H,2-3,6-7,9,11H2,1H3,(H,20,22). The molecule has 2 heterocycles. The van der Waals surface area contributed by atoms with Gasteiger partial charge in [-0.25, -0.2) is 4.79 Å². The van der Waals surface area contributed by atoms with E-state index in [1.165, 1.54) is 0 Å². The van der Waals surface area contributed by atoms with Crippen molar-refractivity contribution in [2.75, 3.05) is 13.7 Å². The van der Waals surface area contributed by atoms with Gasteiger partial charge in [0.25, 0.3) is 0 Å². The normalized spacial score (nSPS) is 28.8. The Bertz CT molecular complexity index is 708. The Balaban J connectivity index is 1.82. The summed E-state index contributed by atoms with van der Waals surface area (Å²) in [5.74, 6) is 0.580. The lowest BCUT2D eigenvalue weighted by Crippen LogP contribution is -2.70. The number of hydrogen-bond donors (Lipinski definition) is 1. The minimum atomic E-state index is -0.837. The third-order valence-electron chi connectivity index (χ3n) is 5.37. The van der Waals surface area contributed by atoms with Gasteiger partial charge >= 0.3 is 6.03 Å². The lowest BCUT2D eigenvalue weighted by Gasteiger charge is -2.54.